The zero-order valence-corrected chi connectivity index (χ0v) is 17.7. The van der Waals surface area contributed by atoms with Gasteiger partial charge in [-0.3, -0.25) is 9.78 Å². The molecule has 0 saturated carbocycles. The molecule has 0 unspecified atom stereocenters. The quantitative estimate of drug-likeness (QED) is 0.823. The van der Waals surface area contributed by atoms with Gasteiger partial charge in [-0.2, -0.15) is 0 Å². The van der Waals surface area contributed by atoms with Crippen molar-refractivity contribution in [2.75, 3.05) is 49.2 Å². The predicted molar refractivity (Wildman–Crippen MR) is 120 cm³/mol. The predicted octanol–water partition coefficient (Wildman–Crippen LogP) is 3.62. The van der Waals surface area contributed by atoms with E-state index < -0.39 is 0 Å². The molecule has 1 aromatic carbocycles. The molecule has 2 aliphatic heterocycles. The number of nitrogens with one attached hydrogen (secondary N) is 1. The van der Waals surface area contributed by atoms with Crippen molar-refractivity contribution in [3.05, 3.63) is 53.9 Å². The highest BCUT2D eigenvalue weighted by molar-refractivity contribution is 6.06. The summed E-state index contributed by atoms with van der Waals surface area (Å²) in [6.07, 6.45) is 9.21. The Morgan fingerprint density at radius 3 is 2.67 bits per heavy atom. The minimum Gasteiger partial charge on any atom is -0.378 e. The van der Waals surface area contributed by atoms with Crippen LogP contribution < -0.4 is 15.1 Å². The van der Waals surface area contributed by atoms with E-state index in [1.807, 2.05) is 17.0 Å². The number of rotatable bonds is 2. The summed E-state index contributed by atoms with van der Waals surface area (Å²) in [7, 11) is 0. The monoisotopic (exact) mass is 408 g/mol. The molecule has 6 nitrogen and oxygen atoms in total. The lowest BCUT2D eigenvalue weighted by Crippen LogP contribution is -2.37. The van der Waals surface area contributed by atoms with E-state index in [4.69, 9.17) is 4.74 Å². The van der Waals surface area contributed by atoms with Crippen LogP contribution in [0, 0.1) is 0 Å². The number of benzene rings is 1. The number of pyridine rings is 1. The van der Waals surface area contributed by atoms with E-state index in [2.05, 4.69) is 33.4 Å². The number of anilines is 2. The third kappa shape index (κ3) is 5.18. The molecule has 2 aromatic rings. The highest BCUT2D eigenvalue weighted by atomic mass is 16.5. The Balaban J connectivity index is 1.67. The Hall–Kier alpha value is -2.44. The molecule has 1 amide bonds. The minimum absolute atomic E-state index is 0.0283. The first kappa shape index (κ1) is 20.8. The third-order valence-corrected chi connectivity index (χ3v) is 5.93. The molecular formula is C24H32N4O2. The fourth-order valence-corrected chi connectivity index (χ4v) is 4.24. The van der Waals surface area contributed by atoms with Crippen LogP contribution in [0.5, 0.6) is 0 Å². The topological polar surface area (TPSA) is 57.7 Å². The van der Waals surface area contributed by atoms with Crippen LogP contribution in [0.2, 0.25) is 0 Å². The SMILES string of the molecule is O=C(c1cccnc1)N1CCCCCCCNCc2cc(N3CCOCC3)ccc21. The van der Waals surface area contributed by atoms with Gasteiger partial charge < -0.3 is 19.9 Å². The zero-order chi connectivity index (χ0) is 20.6. The molecule has 0 spiro atoms. The van der Waals surface area contributed by atoms with Crippen LogP contribution in [0.4, 0.5) is 11.4 Å². The van der Waals surface area contributed by atoms with Crippen LogP contribution in [0.15, 0.2) is 42.7 Å². The molecule has 1 N–H and O–H groups in total. The van der Waals surface area contributed by atoms with Crippen molar-refractivity contribution in [1.82, 2.24) is 10.3 Å². The van der Waals surface area contributed by atoms with Crippen molar-refractivity contribution in [2.45, 2.75) is 38.6 Å². The van der Waals surface area contributed by atoms with Crippen LogP contribution in [-0.4, -0.2) is 50.3 Å². The summed E-state index contributed by atoms with van der Waals surface area (Å²) in [5.74, 6) is 0.0283. The number of carbonyl (C=O) groups excluding carboxylic acids is 1. The molecule has 3 heterocycles. The van der Waals surface area contributed by atoms with Crippen molar-refractivity contribution in [3.8, 4) is 0 Å². The molecule has 6 heteroatoms. The average Bonchev–Trinajstić information content (AvgIpc) is 2.80. The lowest BCUT2D eigenvalue weighted by molar-refractivity contribution is 0.0986. The fourth-order valence-electron chi connectivity index (χ4n) is 4.24. The van der Waals surface area contributed by atoms with Gasteiger partial charge in [0.1, 0.15) is 0 Å². The number of hydrogen-bond acceptors (Lipinski definition) is 5. The Labute approximate surface area is 179 Å². The lowest BCUT2D eigenvalue weighted by Gasteiger charge is -2.31. The van der Waals surface area contributed by atoms with Gasteiger partial charge in [-0.25, -0.2) is 0 Å². The normalized spacial score (nSPS) is 18.8. The van der Waals surface area contributed by atoms with E-state index in [0.29, 0.717) is 5.56 Å². The number of morpholine rings is 1. The van der Waals surface area contributed by atoms with E-state index in [0.717, 1.165) is 64.5 Å². The summed E-state index contributed by atoms with van der Waals surface area (Å²) in [6, 6.07) is 10.2. The van der Waals surface area contributed by atoms with Crippen LogP contribution in [0.3, 0.4) is 0 Å². The lowest BCUT2D eigenvalue weighted by atomic mass is 10.1. The van der Waals surface area contributed by atoms with E-state index >= 15 is 0 Å². The van der Waals surface area contributed by atoms with Gasteiger partial charge in [-0.1, -0.05) is 19.3 Å². The van der Waals surface area contributed by atoms with Gasteiger partial charge in [0.05, 0.1) is 18.8 Å². The van der Waals surface area contributed by atoms with Gasteiger partial charge in [0.2, 0.25) is 0 Å². The van der Waals surface area contributed by atoms with Gasteiger partial charge in [-0.05, 0) is 55.3 Å². The van der Waals surface area contributed by atoms with Crippen molar-refractivity contribution < 1.29 is 9.53 Å². The van der Waals surface area contributed by atoms with E-state index in [-0.39, 0.29) is 5.91 Å². The molecule has 2 aliphatic rings. The third-order valence-electron chi connectivity index (χ3n) is 5.93. The van der Waals surface area contributed by atoms with Gasteiger partial charge >= 0.3 is 0 Å². The number of nitrogens with zero attached hydrogens (tertiary/aromatic N) is 3. The van der Waals surface area contributed by atoms with Crippen LogP contribution in [0.1, 0.15) is 48.0 Å². The van der Waals surface area contributed by atoms with Crippen molar-refractivity contribution in [3.63, 3.8) is 0 Å². The van der Waals surface area contributed by atoms with Crippen LogP contribution in [-0.2, 0) is 11.3 Å². The Bertz CT molecular complexity index is 821. The molecule has 1 aromatic heterocycles. The highest BCUT2D eigenvalue weighted by Crippen LogP contribution is 2.29. The molecule has 160 valence electrons. The second-order valence-electron chi connectivity index (χ2n) is 8.06. The maximum absolute atomic E-state index is 13.4. The number of aromatic nitrogens is 1. The molecule has 0 aliphatic carbocycles. The Morgan fingerprint density at radius 1 is 1.00 bits per heavy atom. The molecule has 1 saturated heterocycles. The van der Waals surface area contributed by atoms with E-state index in [9.17, 15) is 4.79 Å². The molecule has 1 fully saturated rings. The molecule has 0 bridgehead atoms. The van der Waals surface area contributed by atoms with Gasteiger partial charge in [0.15, 0.2) is 0 Å². The maximum Gasteiger partial charge on any atom is 0.259 e. The number of ether oxygens (including phenoxy) is 1. The average molecular weight is 409 g/mol. The Kier molecular flexibility index (Phi) is 7.32. The molecule has 30 heavy (non-hydrogen) atoms. The zero-order valence-electron chi connectivity index (χ0n) is 17.7. The first-order chi connectivity index (χ1) is 14.8. The summed E-state index contributed by atoms with van der Waals surface area (Å²) < 4.78 is 5.51. The highest BCUT2D eigenvalue weighted by Gasteiger charge is 2.22. The Morgan fingerprint density at radius 2 is 1.83 bits per heavy atom. The maximum atomic E-state index is 13.4. The summed E-state index contributed by atoms with van der Waals surface area (Å²) in [5, 5.41) is 3.60. The molecule has 4 rings (SSSR count). The second kappa shape index (κ2) is 10.5. The van der Waals surface area contributed by atoms with Crippen LogP contribution >= 0.6 is 0 Å². The van der Waals surface area contributed by atoms with Crippen molar-refractivity contribution in [2.24, 2.45) is 0 Å². The first-order valence-electron chi connectivity index (χ1n) is 11.2. The van der Waals surface area contributed by atoms with Crippen molar-refractivity contribution in [1.29, 1.82) is 0 Å². The van der Waals surface area contributed by atoms with Crippen molar-refractivity contribution >= 4 is 17.3 Å². The molecule has 0 radical (unpaired) electrons. The minimum atomic E-state index is 0.0283. The molecular weight excluding hydrogens is 376 g/mol. The largest absolute Gasteiger partial charge is 0.378 e. The van der Waals surface area contributed by atoms with Crippen LogP contribution in [0.25, 0.3) is 0 Å². The smallest absolute Gasteiger partial charge is 0.259 e. The number of amides is 1. The number of hydrogen-bond donors (Lipinski definition) is 1. The summed E-state index contributed by atoms with van der Waals surface area (Å²) >= 11 is 0. The molecule has 0 atom stereocenters. The van der Waals surface area contributed by atoms with E-state index in [1.165, 1.54) is 30.5 Å². The summed E-state index contributed by atoms with van der Waals surface area (Å²) in [6.45, 7) is 5.86. The van der Waals surface area contributed by atoms with E-state index in [1.54, 1.807) is 12.4 Å². The van der Waals surface area contributed by atoms with Gasteiger partial charge in [0, 0.05) is 49.9 Å². The standard InChI is InChI=1S/C24H32N4O2/c29-24(20-7-6-11-26-18-20)28-12-5-3-1-2-4-10-25-19-21-17-22(8-9-23(21)28)27-13-15-30-16-14-27/h6-9,11,17-18,25H,1-5,10,12-16,19H2. The number of fused-ring (bicyclic) bond motifs is 1. The summed E-state index contributed by atoms with van der Waals surface area (Å²) in [4.78, 5) is 21.9. The van der Waals surface area contributed by atoms with Gasteiger partial charge in [0.25, 0.3) is 5.91 Å². The second-order valence-corrected chi connectivity index (χ2v) is 8.06. The van der Waals surface area contributed by atoms with Gasteiger partial charge in [-0.15, -0.1) is 0 Å². The summed E-state index contributed by atoms with van der Waals surface area (Å²) in [5.41, 5.74) is 4.03. The first-order valence-corrected chi connectivity index (χ1v) is 11.2. The number of carbonyl (C=O) groups is 1. The fraction of sp³-hybridized carbons (Fsp3) is 0.500.